The molecule has 0 fully saturated rings. The van der Waals surface area contributed by atoms with Crippen LogP contribution < -0.4 is 10.1 Å². The Labute approximate surface area is 132 Å². The zero-order valence-electron chi connectivity index (χ0n) is 11.8. The van der Waals surface area contributed by atoms with E-state index in [1.807, 2.05) is 37.3 Å². The summed E-state index contributed by atoms with van der Waals surface area (Å²) in [7, 11) is 0. The number of fused-ring (bicyclic) bond motifs is 1. The molecule has 1 amide bonds. The van der Waals surface area contributed by atoms with Gasteiger partial charge in [-0.15, -0.1) is 0 Å². The molecular weight excluding hydrogens is 330 g/mol. The highest BCUT2D eigenvalue weighted by atomic mass is 79.9. The first-order chi connectivity index (χ1) is 10.1. The van der Waals surface area contributed by atoms with Gasteiger partial charge in [0.1, 0.15) is 5.75 Å². The lowest BCUT2D eigenvalue weighted by molar-refractivity contribution is 0.0950. The molecule has 2 aromatic carbocycles. The minimum atomic E-state index is -0.0644. The van der Waals surface area contributed by atoms with Crippen LogP contribution in [0.4, 0.5) is 0 Å². The maximum atomic E-state index is 12.2. The molecule has 0 radical (unpaired) electrons. The zero-order chi connectivity index (χ0) is 14.8. The van der Waals surface area contributed by atoms with E-state index in [-0.39, 0.29) is 5.91 Å². The van der Waals surface area contributed by atoms with E-state index in [9.17, 15) is 4.79 Å². The number of ether oxygens (including phenoxy) is 1. The van der Waals surface area contributed by atoms with E-state index >= 15 is 0 Å². The van der Waals surface area contributed by atoms with Crippen LogP contribution in [0.3, 0.4) is 0 Å². The molecule has 21 heavy (non-hydrogen) atoms. The monoisotopic (exact) mass is 345 g/mol. The molecule has 2 aromatic rings. The van der Waals surface area contributed by atoms with Crippen LogP contribution in [0.2, 0.25) is 0 Å². The lowest BCUT2D eigenvalue weighted by Crippen LogP contribution is -2.23. The van der Waals surface area contributed by atoms with Crippen molar-refractivity contribution in [2.24, 2.45) is 0 Å². The van der Waals surface area contributed by atoms with Crippen molar-refractivity contribution in [3.8, 4) is 5.75 Å². The number of amides is 1. The van der Waals surface area contributed by atoms with E-state index in [1.165, 1.54) is 5.56 Å². The number of halogens is 1. The molecule has 1 heterocycles. The van der Waals surface area contributed by atoms with Crippen LogP contribution in [0, 0.1) is 6.92 Å². The van der Waals surface area contributed by atoms with E-state index in [4.69, 9.17) is 4.74 Å². The van der Waals surface area contributed by atoms with Crippen molar-refractivity contribution in [1.29, 1.82) is 0 Å². The Kier molecular flexibility index (Phi) is 3.97. The summed E-state index contributed by atoms with van der Waals surface area (Å²) < 4.78 is 6.69. The summed E-state index contributed by atoms with van der Waals surface area (Å²) in [5.74, 6) is 0.855. The molecule has 0 aromatic heterocycles. The van der Waals surface area contributed by atoms with E-state index in [2.05, 4.69) is 27.3 Å². The summed E-state index contributed by atoms with van der Waals surface area (Å²) in [5.41, 5.74) is 3.97. The van der Waals surface area contributed by atoms with Crippen molar-refractivity contribution < 1.29 is 9.53 Å². The predicted molar refractivity (Wildman–Crippen MR) is 85.7 cm³/mol. The van der Waals surface area contributed by atoms with Crippen LogP contribution in [0.25, 0.3) is 0 Å². The van der Waals surface area contributed by atoms with Gasteiger partial charge in [-0.1, -0.05) is 33.6 Å². The fourth-order valence-corrected chi connectivity index (χ4v) is 3.09. The van der Waals surface area contributed by atoms with Gasteiger partial charge in [0.2, 0.25) is 0 Å². The molecule has 3 nitrogen and oxygen atoms in total. The summed E-state index contributed by atoms with van der Waals surface area (Å²) in [4.78, 5) is 12.2. The molecule has 0 saturated heterocycles. The van der Waals surface area contributed by atoms with Gasteiger partial charge in [0.05, 0.1) is 6.61 Å². The third kappa shape index (κ3) is 3.10. The number of carbonyl (C=O) groups excluding carboxylic acids is 1. The highest BCUT2D eigenvalue weighted by molar-refractivity contribution is 9.10. The Morgan fingerprint density at radius 3 is 3.00 bits per heavy atom. The molecule has 0 aliphatic carbocycles. The predicted octanol–water partition coefficient (Wildman–Crippen LogP) is 3.62. The zero-order valence-corrected chi connectivity index (χ0v) is 13.4. The number of rotatable bonds is 3. The highest BCUT2D eigenvalue weighted by Crippen LogP contribution is 2.32. The molecular formula is C17H16BrNO2. The number of aryl methyl sites for hydroxylation is 1. The number of hydrogen-bond donors (Lipinski definition) is 1. The van der Waals surface area contributed by atoms with Crippen molar-refractivity contribution in [1.82, 2.24) is 5.32 Å². The second-order valence-electron chi connectivity index (χ2n) is 5.20. The van der Waals surface area contributed by atoms with Gasteiger partial charge < -0.3 is 10.1 Å². The largest absolute Gasteiger partial charge is 0.493 e. The van der Waals surface area contributed by atoms with Crippen LogP contribution in [0.1, 0.15) is 27.0 Å². The Morgan fingerprint density at radius 1 is 1.33 bits per heavy atom. The van der Waals surface area contributed by atoms with Gasteiger partial charge in [-0.25, -0.2) is 0 Å². The van der Waals surface area contributed by atoms with Gasteiger partial charge in [-0.2, -0.15) is 0 Å². The number of carbonyl (C=O) groups is 1. The maximum Gasteiger partial charge on any atom is 0.251 e. The molecule has 1 aliphatic rings. The van der Waals surface area contributed by atoms with Gasteiger partial charge in [0.15, 0.2) is 0 Å². The smallest absolute Gasteiger partial charge is 0.251 e. The molecule has 0 atom stereocenters. The van der Waals surface area contributed by atoms with E-state index in [0.29, 0.717) is 18.7 Å². The average Bonchev–Trinajstić information content (AvgIpc) is 2.92. The van der Waals surface area contributed by atoms with Gasteiger partial charge in [-0.05, 0) is 36.8 Å². The Balaban J connectivity index is 1.75. The molecule has 0 spiro atoms. The van der Waals surface area contributed by atoms with Crippen molar-refractivity contribution in [2.45, 2.75) is 19.9 Å². The summed E-state index contributed by atoms with van der Waals surface area (Å²) in [6.45, 7) is 3.16. The summed E-state index contributed by atoms with van der Waals surface area (Å²) >= 11 is 3.51. The van der Waals surface area contributed by atoms with Crippen LogP contribution in [0.5, 0.6) is 5.75 Å². The van der Waals surface area contributed by atoms with Crippen LogP contribution in [-0.4, -0.2) is 12.5 Å². The van der Waals surface area contributed by atoms with Gasteiger partial charge >= 0.3 is 0 Å². The molecule has 108 valence electrons. The topological polar surface area (TPSA) is 38.3 Å². The first kappa shape index (κ1) is 14.1. The normalized spacial score (nSPS) is 12.7. The molecule has 3 rings (SSSR count). The lowest BCUT2D eigenvalue weighted by atomic mass is 10.1. The molecule has 1 N–H and O–H groups in total. The van der Waals surface area contributed by atoms with Crippen LogP contribution in [-0.2, 0) is 13.0 Å². The highest BCUT2D eigenvalue weighted by Gasteiger charge is 2.18. The molecule has 0 unspecified atom stereocenters. The number of hydrogen-bond acceptors (Lipinski definition) is 2. The van der Waals surface area contributed by atoms with Crippen molar-refractivity contribution in [2.75, 3.05) is 6.61 Å². The van der Waals surface area contributed by atoms with Crippen LogP contribution in [0.15, 0.2) is 40.9 Å². The Morgan fingerprint density at radius 2 is 2.19 bits per heavy atom. The second-order valence-corrected chi connectivity index (χ2v) is 6.12. The molecule has 4 heteroatoms. The summed E-state index contributed by atoms with van der Waals surface area (Å²) in [5, 5.41) is 2.96. The fourth-order valence-electron chi connectivity index (χ4n) is 2.54. The Bertz CT molecular complexity index is 697. The molecule has 1 aliphatic heterocycles. The van der Waals surface area contributed by atoms with Gasteiger partial charge in [0.25, 0.3) is 5.91 Å². The summed E-state index contributed by atoms with van der Waals surface area (Å²) in [6, 6.07) is 11.7. The third-order valence-corrected chi connectivity index (χ3v) is 4.00. The van der Waals surface area contributed by atoms with Gasteiger partial charge in [0, 0.05) is 28.6 Å². The number of benzene rings is 2. The van der Waals surface area contributed by atoms with E-state index in [0.717, 1.165) is 27.8 Å². The fraction of sp³-hybridized carbons (Fsp3) is 0.235. The van der Waals surface area contributed by atoms with E-state index in [1.54, 1.807) is 0 Å². The van der Waals surface area contributed by atoms with Crippen molar-refractivity contribution in [3.63, 3.8) is 0 Å². The first-order valence-corrected chi connectivity index (χ1v) is 7.72. The quantitative estimate of drug-likeness (QED) is 0.922. The van der Waals surface area contributed by atoms with Crippen molar-refractivity contribution >= 4 is 21.8 Å². The average molecular weight is 346 g/mol. The SMILES string of the molecule is Cc1cccc(C(=O)NCc2cc(Br)cc3c2OCC3)c1. The van der Waals surface area contributed by atoms with Gasteiger partial charge in [-0.3, -0.25) is 4.79 Å². The van der Waals surface area contributed by atoms with Crippen LogP contribution >= 0.6 is 15.9 Å². The third-order valence-electron chi connectivity index (χ3n) is 3.54. The number of nitrogens with one attached hydrogen (secondary N) is 1. The minimum absolute atomic E-state index is 0.0644. The van der Waals surface area contributed by atoms with E-state index < -0.39 is 0 Å². The lowest BCUT2D eigenvalue weighted by Gasteiger charge is -2.10. The second kappa shape index (κ2) is 5.90. The minimum Gasteiger partial charge on any atom is -0.493 e. The first-order valence-electron chi connectivity index (χ1n) is 6.92. The molecule has 0 bridgehead atoms. The van der Waals surface area contributed by atoms with Crippen molar-refractivity contribution in [3.05, 3.63) is 63.1 Å². The maximum absolute atomic E-state index is 12.2. The molecule has 0 saturated carbocycles. The Hall–Kier alpha value is -1.81. The standard InChI is InChI=1S/C17H16BrNO2/c1-11-3-2-4-13(7-11)17(20)19-10-14-9-15(18)8-12-5-6-21-16(12)14/h2-4,7-9H,5-6,10H2,1H3,(H,19,20). The summed E-state index contributed by atoms with van der Waals surface area (Å²) in [6.07, 6.45) is 0.924.